The lowest BCUT2D eigenvalue weighted by molar-refractivity contribution is 0.0674. The van der Waals surface area contributed by atoms with E-state index in [1.807, 2.05) is 0 Å². The first-order valence-corrected chi connectivity index (χ1v) is 5.27. The van der Waals surface area contributed by atoms with Gasteiger partial charge >= 0.3 is 0 Å². The van der Waals surface area contributed by atoms with Gasteiger partial charge in [0.1, 0.15) is 0 Å². The minimum Gasteiger partial charge on any atom is -0.503 e. The van der Waals surface area contributed by atoms with Crippen LogP contribution in [0, 0.1) is 17.5 Å². The maximum absolute atomic E-state index is 13.5. The lowest BCUT2D eigenvalue weighted by Gasteiger charge is -2.35. The number of phenols is 1. The number of carbonyl (C=O) groups excluding carboxylic acids is 1. The van der Waals surface area contributed by atoms with Crippen LogP contribution in [-0.4, -0.2) is 42.1 Å². The Hall–Kier alpha value is -1.47. The van der Waals surface area contributed by atoms with Crippen LogP contribution in [0.25, 0.3) is 0 Å². The van der Waals surface area contributed by atoms with Crippen molar-refractivity contribution in [1.29, 1.82) is 0 Å². The summed E-state index contributed by atoms with van der Waals surface area (Å²) in [4.78, 5) is 13.1. The summed E-state index contributed by atoms with van der Waals surface area (Å²) in [5.41, 5.74) is -0.680. The molecule has 0 unspecified atom stereocenters. The van der Waals surface area contributed by atoms with Crippen molar-refractivity contribution in [3.05, 3.63) is 29.1 Å². The molecule has 0 radical (unpaired) electrons. The molecule has 1 aliphatic rings. The molecule has 2 rings (SSSR count). The second kappa shape index (κ2) is 5.66. The minimum absolute atomic E-state index is 0. The quantitative estimate of drug-likeness (QED) is 0.808. The summed E-state index contributed by atoms with van der Waals surface area (Å²) >= 11 is 0. The summed E-state index contributed by atoms with van der Waals surface area (Å²) in [6, 6.07) is 0.335. The normalized spacial score (nSPS) is 14.5. The second-order valence-corrected chi connectivity index (χ2v) is 4.11. The molecular formula is C11H12ClF3N2O2. The molecule has 0 spiro atoms. The van der Waals surface area contributed by atoms with E-state index >= 15 is 0 Å². The van der Waals surface area contributed by atoms with Crippen LogP contribution in [0.3, 0.4) is 0 Å². The Bertz CT molecular complexity index is 509. The molecule has 4 nitrogen and oxygen atoms in total. The standard InChI is InChI=1S/C11H11F3N2O2.ClH/c1-16(5-3-15-4-5)11(18)6-2-7(12)9(14)10(17)8(6)13;/h2,5,15,17H,3-4H2,1H3;1H. The highest BCUT2D eigenvalue weighted by Crippen LogP contribution is 2.26. The summed E-state index contributed by atoms with van der Waals surface area (Å²) < 4.78 is 39.4. The number of benzene rings is 1. The van der Waals surface area contributed by atoms with E-state index in [2.05, 4.69) is 5.32 Å². The molecule has 1 amide bonds. The third-order valence-corrected chi connectivity index (χ3v) is 2.99. The molecule has 0 aliphatic carbocycles. The Balaban J connectivity index is 0.00000180. The van der Waals surface area contributed by atoms with Crippen LogP contribution >= 0.6 is 12.4 Å². The van der Waals surface area contributed by atoms with Crippen molar-refractivity contribution in [3.63, 3.8) is 0 Å². The van der Waals surface area contributed by atoms with Crippen LogP contribution < -0.4 is 5.32 Å². The highest BCUT2D eigenvalue weighted by Gasteiger charge is 2.30. The molecule has 8 heteroatoms. The largest absolute Gasteiger partial charge is 0.503 e. The van der Waals surface area contributed by atoms with Crippen molar-refractivity contribution in [3.8, 4) is 5.75 Å². The zero-order chi connectivity index (χ0) is 13.4. The maximum Gasteiger partial charge on any atom is 0.257 e. The van der Waals surface area contributed by atoms with Crippen LogP contribution in [0.2, 0.25) is 0 Å². The molecule has 2 N–H and O–H groups in total. The molecule has 0 atom stereocenters. The Kier molecular flexibility index (Phi) is 4.65. The summed E-state index contributed by atoms with van der Waals surface area (Å²) in [6.07, 6.45) is 0. The van der Waals surface area contributed by atoms with Gasteiger partial charge in [0.15, 0.2) is 17.4 Å². The van der Waals surface area contributed by atoms with Crippen LogP contribution in [0.5, 0.6) is 5.75 Å². The summed E-state index contributed by atoms with van der Waals surface area (Å²) in [7, 11) is 1.44. The number of amides is 1. The van der Waals surface area contributed by atoms with E-state index in [1.165, 1.54) is 11.9 Å². The van der Waals surface area contributed by atoms with Crippen molar-refractivity contribution in [2.75, 3.05) is 20.1 Å². The number of hydrogen-bond donors (Lipinski definition) is 2. The van der Waals surface area contributed by atoms with Gasteiger partial charge in [-0.05, 0) is 6.07 Å². The van der Waals surface area contributed by atoms with E-state index in [9.17, 15) is 18.0 Å². The molecule has 1 aliphatic heterocycles. The third kappa shape index (κ3) is 2.62. The molecule has 0 bridgehead atoms. The Labute approximate surface area is 113 Å². The monoisotopic (exact) mass is 296 g/mol. The molecule has 1 aromatic carbocycles. The number of rotatable bonds is 2. The molecule has 1 saturated heterocycles. The number of carbonyl (C=O) groups is 1. The number of phenolic OH excluding ortho intramolecular Hbond substituents is 1. The molecule has 0 aromatic heterocycles. The number of hydrogen-bond acceptors (Lipinski definition) is 3. The minimum atomic E-state index is -1.70. The number of nitrogens with zero attached hydrogens (tertiary/aromatic N) is 1. The van der Waals surface area contributed by atoms with E-state index in [-0.39, 0.29) is 18.4 Å². The zero-order valence-corrected chi connectivity index (χ0v) is 10.7. The van der Waals surface area contributed by atoms with Gasteiger partial charge in [-0.25, -0.2) is 8.78 Å². The molecular weight excluding hydrogens is 285 g/mol. The SMILES string of the molecule is CN(C(=O)c1cc(F)c(F)c(O)c1F)C1CNC1.Cl. The highest BCUT2D eigenvalue weighted by atomic mass is 35.5. The fourth-order valence-electron chi connectivity index (χ4n) is 1.65. The number of halogens is 4. The van der Waals surface area contributed by atoms with E-state index in [1.54, 1.807) is 0 Å². The van der Waals surface area contributed by atoms with Crippen molar-refractivity contribution in [1.82, 2.24) is 10.2 Å². The van der Waals surface area contributed by atoms with E-state index in [0.717, 1.165) is 0 Å². The Morgan fingerprint density at radius 1 is 1.37 bits per heavy atom. The van der Waals surface area contributed by atoms with Crippen LogP contribution in [0.4, 0.5) is 13.2 Å². The van der Waals surface area contributed by atoms with Crippen LogP contribution in [-0.2, 0) is 0 Å². The first-order valence-electron chi connectivity index (χ1n) is 5.27. The zero-order valence-electron chi connectivity index (χ0n) is 9.91. The highest BCUT2D eigenvalue weighted by molar-refractivity contribution is 5.95. The second-order valence-electron chi connectivity index (χ2n) is 4.11. The van der Waals surface area contributed by atoms with Gasteiger partial charge in [0, 0.05) is 20.1 Å². The predicted molar refractivity (Wildman–Crippen MR) is 64.0 cm³/mol. The fourth-order valence-corrected chi connectivity index (χ4v) is 1.65. The number of nitrogens with one attached hydrogen (secondary N) is 1. The molecule has 0 saturated carbocycles. The average molecular weight is 297 g/mol. The lowest BCUT2D eigenvalue weighted by atomic mass is 10.1. The molecule has 19 heavy (non-hydrogen) atoms. The van der Waals surface area contributed by atoms with E-state index in [0.29, 0.717) is 19.2 Å². The van der Waals surface area contributed by atoms with Crippen molar-refractivity contribution in [2.24, 2.45) is 0 Å². The number of aromatic hydroxyl groups is 1. The van der Waals surface area contributed by atoms with Gasteiger partial charge in [0.2, 0.25) is 5.82 Å². The summed E-state index contributed by atoms with van der Waals surface area (Å²) in [5.74, 6) is -6.88. The van der Waals surface area contributed by atoms with Crippen molar-refractivity contribution < 1.29 is 23.1 Å². The summed E-state index contributed by atoms with van der Waals surface area (Å²) in [5, 5.41) is 12.0. The summed E-state index contributed by atoms with van der Waals surface area (Å²) in [6.45, 7) is 1.11. The van der Waals surface area contributed by atoms with Crippen LogP contribution in [0.1, 0.15) is 10.4 Å². The van der Waals surface area contributed by atoms with Gasteiger partial charge in [-0.15, -0.1) is 12.4 Å². The Morgan fingerprint density at radius 2 is 1.95 bits per heavy atom. The van der Waals surface area contributed by atoms with Gasteiger partial charge in [0.05, 0.1) is 11.6 Å². The van der Waals surface area contributed by atoms with Crippen LogP contribution in [0.15, 0.2) is 6.07 Å². The van der Waals surface area contributed by atoms with Gasteiger partial charge in [0.25, 0.3) is 5.91 Å². The Morgan fingerprint density at radius 3 is 2.42 bits per heavy atom. The number of likely N-dealkylation sites (N-methyl/N-ethyl adjacent to an activating group) is 1. The molecule has 106 valence electrons. The van der Waals surface area contributed by atoms with Gasteiger partial charge in [-0.2, -0.15) is 4.39 Å². The maximum atomic E-state index is 13.5. The molecule has 1 aromatic rings. The third-order valence-electron chi connectivity index (χ3n) is 2.99. The molecule has 1 heterocycles. The fraction of sp³-hybridized carbons (Fsp3) is 0.364. The smallest absolute Gasteiger partial charge is 0.257 e. The average Bonchev–Trinajstić information content (AvgIpc) is 2.28. The van der Waals surface area contributed by atoms with E-state index in [4.69, 9.17) is 5.11 Å². The van der Waals surface area contributed by atoms with Crippen molar-refractivity contribution >= 4 is 18.3 Å². The predicted octanol–water partition coefficient (Wildman–Crippen LogP) is 1.28. The van der Waals surface area contributed by atoms with Gasteiger partial charge in [-0.3, -0.25) is 4.79 Å². The van der Waals surface area contributed by atoms with Crippen molar-refractivity contribution in [2.45, 2.75) is 6.04 Å². The topological polar surface area (TPSA) is 52.6 Å². The lowest BCUT2D eigenvalue weighted by Crippen LogP contribution is -2.57. The van der Waals surface area contributed by atoms with Gasteiger partial charge < -0.3 is 15.3 Å². The first kappa shape index (κ1) is 15.6. The molecule has 1 fully saturated rings. The van der Waals surface area contributed by atoms with E-state index < -0.39 is 34.7 Å². The first-order chi connectivity index (χ1) is 8.43. The van der Waals surface area contributed by atoms with Gasteiger partial charge in [-0.1, -0.05) is 0 Å².